The van der Waals surface area contributed by atoms with Crippen LogP contribution in [0.15, 0.2) is 17.5 Å². The molecule has 5 N–H and O–H groups in total. The number of aliphatic carboxylic acids is 1. The van der Waals surface area contributed by atoms with Crippen molar-refractivity contribution in [2.24, 2.45) is 11.7 Å². The van der Waals surface area contributed by atoms with Crippen LogP contribution in [-0.4, -0.2) is 29.1 Å². The van der Waals surface area contributed by atoms with Crippen molar-refractivity contribution in [1.29, 1.82) is 0 Å². The summed E-state index contributed by atoms with van der Waals surface area (Å²) in [6.07, 6.45) is 0.277. The van der Waals surface area contributed by atoms with Crippen LogP contribution in [0.2, 0.25) is 0 Å². The van der Waals surface area contributed by atoms with E-state index in [0.29, 0.717) is 6.42 Å². The van der Waals surface area contributed by atoms with E-state index in [1.54, 1.807) is 12.1 Å². The Morgan fingerprint density at radius 1 is 1.32 bits per heavy atom. The van der Waals surface area contributed by atoms with E-state index in [0.717, 1.165) is 4.88 Å². The summed E-state index contributed by atoms with van der Waals surface area (Å²) in [4.78, 5) is 35.1. The fourth-order valence-electron chi connectivity index (χ4n) is 2.02. The summed E-state index contributed by atoms with van der Waals surface area (Å²) in [6, 6.07) is 1.34. The third-order valence-corrected chi connectivity index (χ3v) is 3.92. The van der Waals surface area contributed by atoms with Gasteiger partial charge in [0.05, 0.1) is 12.5 Å². The number of carbonyl (C=O) groups is 3. The molecule has 0 aliphatic rings. The molecule has 0 saturated heterocycles. The standard InChI is InChI=1S/C14H21N3O4S/c1-8(2)6-10(13(19)20)16-12(18)7-9(17-14(15)21)11-4-3-5-22-11/h3-5,8-10H,6-7H2,1-2H3,(H,16,18)(H,19,20)(H3,15,17,21)/t9?,10-/m1/s1. The van der Waals surface area contributed by atoms with E-state index in [2.05, 4.69) is 10.6 Å². The highest BCUT2D eigenvalue weighted by Crippen LogP contribution is 2.22. The Hall–Kier alpha value is -2.09. The average molecular weight is 327 g/mol. The molecule has 22 heavy (non-hydrogen) atoms. The second-order valence-corrected chi connectivity index (χ2v) is 6.35. The van der Waals surface area contributed by atoms with Crippen LogP contribution in [0.5, 0.6) is 0 Å². The molecule has 0 radical (unpaired) electrons. The summed E-state index contributed by atoms with van der Waals surface area (Å²) >= 11 is 1.38. The fraction of sp³-hybridized carbons (Fsp3) is 0.500. The third kappa shape index (κ3) is 6.13. The van der Waals surface area contributed by atoms with Crippen molar-refractivity contribution in [2.75, 3.05) is 0 Å². The number of nitrogens with two attached hydrogens (primary N) is 1. The smallest absolute Gasteiger partial charge is 0.326 e. The van der Waals surface area contributed by atoms with Crippen molar-refractivity contribution >= 4 is 29.2 Å². The zero-order chi connectivity index (χ0) is 16.7. The summed E-state index contributed by atoms with van der Waals surface area (Å²) in [7, 11) is 0. The maximum atomic E-state index is 12.1. The molecule has 0 fully saturated rings. The van der Waals surface area contributed by atoms with Crippen LogP contribution in [-0.2, 0) is 9.59 Å². The molecule has 8 heteroatoms. The predicted octanol–water partition coefficient (Wildman–Crippen LogP) is 1.46. The Morgan fingerprint density at radius 2 is 2.00 bits per heavy atom. The van der Waals surface area contributed by atoms with Crippen LogP contribution in [0, 0.1) is 5.92 Å². The molecule has 1 aromatic heterocycles. The van der Waals surface area contributed by atoms with Gasteiger partial charge in [0.25, 0.3) is 0 Å². The van der Waals surface area contributed by atoms with E-state index < -0.39 is 30.0 Å². The highest BCUT2D eigenvalue weighted by molar-refractivity contribution is 7.10. The fourth-order valence-corrected chi connectivity index (χ4v) is 2.79. The summed E-state index contributed by atoms with van der Waals surface area (Å²) in [6.45, 7) is 3.76. The molecule has 0 aromatic carbocycles. The maximum Gasteiger partial charge on any atom is 0.326 e. The number of nitrogens with one attached hydrogen (secondary N) is 2. The van der Waals surface area contributed by atoms with Crippen molar-refractivity contribution in [2.45, 2.75) is 38.8 Å². The Morgan fingerprint density at radius 3 is 2.45 bits per heavy atom. The second-order valence-electron chi connectivity index (χ2n) is 5.37. The minimum absolute atomic E-state index is 0.0642. The number of carbonyl (C=O) groups excluding carboxylic acids is 2. The van der Waals surface area contributed by atoms with Crippen LogP contribution in [0.4, 0.5) is 4.79 Å². The molecule has 0 saturated carbocycles. The zero-order valence-electron chi connectivity index (χ0n) is 12.5. The van der Waals surface area contributed by atoms with Gasteiger partial charge >= 0.3 is 12.0 Å². The number of urea groups is 1. The van der Waals surface area contributed by atoms with Gasteiger partial charge in [-0.25, -0.2) is 9.59 Å². The quantitative estimate of drug-likeness (QED) is 0.577. The molecule has 0 aliphatic heterocycles. The molecule has 0 spiro atoms. The van der Waals surface area contributed by atoms with Crippen LogP contribution < -0.4 is 16.4 Å². The Balaban J connectivity index is 2.70. The van der Waals surface area contributed by atoms with E-state index in [1.807, 2.05) is 19.2 Å². The second kappa shape index (κ2) is 8.38. The third-order valence-electron chi connectivity index (χ3n) is 2.93. The van der Waals surface area contributed by atoms with E-state index in [4.69, 9.17) is 10.8 Å². The van der Waals surface area contributed by atoms with Gasteiger partial charge in [-0.1, -0.05) is 19.9 Å². The van der Waals surface area contributed by atoms with Gasteiger partial charge in [0, 0.05) is 4.88 Å². The highest BCUT2D eigenvalue weighted by Gasteiger charge is 2.24. The molecular formula is C14H21N3O4S. The van der Waals surface area contributed by atoms with E-state index in [1.165, 1.54) is 11.3 Å². The number of hydrogen-bond donors (Lipinski definition) is 4. The van der Waals surface area contributed by atoms with Crippen LogP contribution in [0.25, 0.3) is 0 Å². The molecule has 1 aromatic rings. The maximum absolute atomic E-state index is 12.1. The molecular weight excluding hydrogens is 306 g/mol. The molecule has 1 rings (SSSR count). The number of hydrogen-bond acceptors (Lipinski definition) is 4. The average Bonchev–Trinajstić information content (AvgIpc) is 2.89. The first-order valence-electron chi connectivity index (χ1n) is 6.91. The van der Waals surface area contributed by atoms with Crippen molar-refractivity contribution in [3.8, 4) is 0 Å². The summed E-state index contributed by atoms with van der Waals surface area (Å²) in [5, 5.41) is 15.9. The van der Waals surface area contributed by atoms with Crippen molar-refractivity contribution < 1.29 is 19.5 Å². The van der Waals surface area contributed by atoms with E-state index in [-0.39, 0.29) is 12.3 Å². The molecule has 2 atom stereocenters. The SMILES string of the molecule is CC(C)C[C@@H](NC(=O)CC(NC(N)=O)c1cccs1)C(=O)O. The Kier molecular flexibility index (Phi) is 6.84. The number of carboxylic acids is 1. The van der Waals surface area contributed by atoms with Gasteiger partial charge < -0.3 is 21.5 Å². The Labute approximate surface area is 132 Å². The molecule has 1 heterocycles. The minimum Gasteiger partial charge on any atom is -0.480 e. The number of rotatable bonds is 8. The molecule has 1 unspecified atom stereocenters. The van der Waals surface area contributed by atoms with Crippen molar-refractivity contribution in [3.05, 3.63) is 22.4 Å². The van der Waals surface area contributed by atoms with Gasteiger partial charge in [-0.05, 0) is 23.8 Å². The highest BCUT2D eigenvalue weighted by atomic mass is 32.1. The summed E-state index contributed by atoms with van der Waals surface area (Å²) in [5.74, 6) is -1.38. The summed E-state index contributed by atoms with van der Waals surface area (Å²) in [5.41, 5.74) is 5.12. The largest absolute Gasteiger partial charge is 0.480 e. The molecule has 7 nitrogen and oxygen atoms in total. The molecule has 3 amide bonds. The lowest BCUT2D eigenvalue weighted by Crippen LogP contribution is -2.43. The first kappa shape index (κ1) is 18.0. The first-order valence-corrected chi connectivity index (χ1v) is 7.79. The van der Waals surface area contributed by atoms with Gasteiger partial charge in [0.1, 0.15) is 6.04 Å². The number of carboxylic acid groups (broad SMARTS) is 1. The summed E-state index contributed by atoms with van der Waals surface area (Å²) < 4.78 is 0. The number of thiophene rings is 1. The lowest BCUT2D eigenvalue weighted by atomic mass is 10.0. The molecule has 0 aliphatic carbocycles. The normalized spacial score (nSPS) is 13.4. The van der Waals surface area contributed by atoms with Crippen molar-refractivity contribution in [3.63, 3.8) is 0 Å². The lowest BCUT2D eigenvalue weighted by molar-refractivity contribution is -0.142. The zero-order valence-corrected chi connectivity index (χ0v) is 13.4. The minimum atomic E-state index is -1.07. The Bertz CT molecular complexity index is 516. The van der Waals surface area contributed by atoms with Gasteiger partial charge in [0.2, 0.25) is 5.91 Å². The van der Waals surface area contributed by atoms with Gasteiger partial charge in [0.15, 0.2) is 0 Å². The lowest BCUT2D eigenvalue weighted by Gasteiger charge is -2.19. The van der Waals surface area contributed by atoms with Crippen LogP contribution in [0.3, 0.4) is 0 Å². The van der Waals surface area contributed by atoms with Crippen molar-refractivity contribution in [1.82, 2.24) is 10.6 Å². The number of amides is 3. The molecule has 0 bridgehead atoms. The predicted molar refractivity (Wildman–Crippen MR) is 83.4 cm³/mol. The van der Waals surface area contributed by atoms with Crippen LogP contribution >= 0.6 is 11.3 Å². The topological polar surface area (TPSA) is 122 Å². The van der Waals surface area contributed by atoms with Crippen LogP contribution in [0.1, 0.15) is 37.6 Å². The van der Waals surface area contributed by atoms with E-state index >= 15 is 0 Å². The van der Waals surface area contributed by atoms with E-state index in [9.17, 15) is 14.4 Å². The van der Waals surface area contributed by atoms with Gasteiger partial charge in [-0.15, -0.1) is 11.3 Å². The van der Waals surface area contributed by atoms with Gasteiger partial charge in [-0.3, -0.25) is 4.79 Å². The molecule has 122 valence electrons. The first-order chi connectivity index (χ1) is 10.3. The van der Waals surface area contributed by atoms with Gasteiger partial charge in [-0.2, -0.15) is 0 Å². The monoisotopic (exact) mass is 327 g/mol. The number of primary amides is 1.